The molecule has 3 aromatic carbocycles. The molecule has 0 fully saturated rings. The third-order valence-corrected chi connectivity index (χ3v) is 6.57. The van der Waals surface area contributed by atoms with Gasteiger partial charge in [-0.1, -0.05) is 54.6 Å². The van der Waals surface area contributed by atoms with Gasteiger partial charge < -0.3 is 14.8 Å². The van der Waals surface area contributed by atoms with Crippen LogP contribution in [0.1, 0.15) is 18.9 Å². The maximum Gasteiger partial charge on any atom is 0.225 e. The molecule has 0 bridgehead atoms. The van der Waals surface area contributed by atoms with E-state index in [1.807, 2.05) is 91.9 Å². The van der Waals surface area contributed by atoms with Crippen molar-refractivity contribution in [3.63, 3.8) is 0 Å². The van der Waals surface area contributed by atoms with Gasteiger partial charge in [0.05, 0.1) is 30.7 Å². The predicted molar refractivity (Wildman–Crippen MR) is 148 cm³/mol. The fourth-order valence-electron chi connectivity index (χ4n) is 3.79. The number of methoxy groups -OCH3 is 1. The molecular formula is C30H27N3O3S. The van der Waals surface area contributed by atoms with Gasteiger partial charge in [-0.3, -0.25) is 4.79 Å². The van der Waals surface area contributed by atoms with Gasteiger partial charge in [-0.25, -0.2) is 4.98 Å². The van der Waals surface area contributed by atoms with Crippen molar-refractivity contribution in [2.45, 2.75) is 18.4 Å². The highest BCUT2D eigenvalue weighted by atomic mass is 32.2. The summed E-state index contributed by atoms with van der Waals surface area (Å²) in [5, 5.41) is 13.6. The van der Waals surface area contributed by atoms with E-state index in [1.165, 1.54) is 11.8 Å². The molecule has 0 aliphatic carbocycles. The Hall–Kier alpha value is -4.28. The summed E-state index contributed by atoms with van der Waals surface area (Å²) in [6.07, 6.45) is 0.255. The van der Waals surface area contributed by atoms with E-state index in [-0.39, 0.29) is 12.3 Å². The Bertz CT molecular complexity index is 1400. The Morgan fingerprint density at radius 3 is 2.43 bits per heavy atom. The number of carbonyl (C=O) groups is 1. The molecule has 0 saturated heterocycles. The van der Waals surface area contributed by atoms with Crippen LogP contribution in [-0.4, -0.2) is 30.4 Å². The molecule has 1 amide bonds. The number of thioether (sulfide) groups is 1. The molecule has 0 unspecified atom stereocenters. The van der Waals surface area contributed by atoms with Gasteiger partial charge in [0.15, 0.2) is 0 Å². The number of amides is 1. The smallest absolute Gasteiger partial charge is 0.225 e. The summed E-state index contributed by atoms with van der Waals surface area (Å²) < 4.78 is 10.9. The number of pyridine rings is 1. The summed E-state index contributed by atoms with van der Waals surface area (Å²) in [5.74, 6) is 1.71. The van der Waals surface area contributed by atoms with Crippen LogP contribution in [0.25, 0.3) is 22.4 Å². The Labute approximate surface area is 221 Å². The first-order valence-electron chi connectivity index (χ1n) is 11.9. The minimum atomic E-state index is -0.132. The van der Waals surface area contributed by atoms with E-state index >= 15 is 0 Å². The van der Waals surface area contributed by atoms with Gasteiger partial charge in [0.1, 0.15) is 22.6 Å². The second-order valence-corrected chi connectivity index (χ2v) is 9.10. The molecule has 0 aliphatic rings. The molecule has 0 aliphatic heterocycles. The van der Waals surface area contributed by atoms with Crippen molar-refractivity contribution in [1.29, 1.82) is 5.26 Å². The molecule has 1 heterocycles. The van der Waals surface area contributed by atoms with E-state index in [2.05, 4.69) is 11.4 Å². The minimum Gasteiger partial charge on any atom is -0.497 e. The van der Waals surface area contributed by atoms with Crippen LogP contribution in [0, 0.1) is 11.3 Å². The van der Waals surface area contributed by atoms with Crippen LogP contribution in [0.15, 0.2) is 90.0 Å². The highest BCUT2D eigenvalue weighted by Gasteiger charge is 2.17. The van der Waals surface area contributed by atoms with Crippen LogP contribution in [-0.2, 0) is 4.79 Å². The van der Waals surface area contributed by atoms with E-state index in [4.69, 9.17) is 14.5 Å². The van der Waals surface area contributed by atoms with Crippen molar-refractivity contribution in [1.82, 2.24) is 4.98 Å². The Morgan fingerprint density at radius 2 is 1.73 bits per heavy atom. The number of hydrogen-bond acceptors (Lipinski definition) is 6. The molecule has 6 nitrogen and oxygen atoms in total. The number of aromatic nitrogens is 1. The third-order valence-electron chi connectivity index (χ3n) is 5.60. The zero-order chi connectivity index (χ0) is 26.0. The van der Waals surface area contributed by atoms with Crippen LogP contribution in [0.4, 0.5) is 5.69 Å². The molecule has 1 N–H and O–H groups in total. The van der Waals surface area contributed by atoms with Gasteiger partial charge in [-0.05, 0) is 42.8 Å². The highest BCUT2D eigenvalue weighted by Crippen LogP contribution is 2.35. The van der Waals surface area contributed by atoms with Crippen LogP contribution >= 0.6 is 11.8 Å². The number of para-hydroxylation sites is 2. The summed E-state index contributed by atoms with van der Waals surface area (Å²) in [7, 11) is 1.62. The van der Waals surface area contributed by atoms with E-state index in [0.29, 0.717) is 34.4 Å². The average molecular weight is 510 g/mol. The lowest BCUT2D eigenvalue weighted by atomic mass is 9.99. The van der Waals surface area contributed by atoms with Crippen molar-refractivity contribution in [3.05, 3.63) is 90.5 Å². The van der Waals surface area contributed by atoms with Crippen molar-refractivity contribution in [2.24, 2.45) is 0 Å². The normalized spacial score (nSPS) is 10.4. The molecular weight excluding hydrogens is 482 g/mol. The number of hydrogen-bond donors (Lipinski definition) is 1. The van der Waals surface area contributed by atoms with Gasteiger partial charge >= 0.3 is 0 Å². The molecule has 0 saturated carbocycles. The molecule has 4 rings (SSSR count). The number of ether oxygens (including phenoxy) is 2. The summed E-state index contributed by atoms with van der Waals surface area (Å²) in [6, 6.07) is 29.1. The number of nitrogens with one attached hydrogen (secondary N) is 1. The van der Waals surface area contributed by atoms with E-state index < -0.39 is 0 Å². The summed E-state index contributed by atoms with van der Waals surface area (Å²) in [6.45, 7) is 2.42. The largest absolute Gasteiger partial charge is 0.497 e. The van der Waals surface area contributed by atoms with Gasteiger partial charge in [-0.2, -0.15) is 5.26 Å². The lowest BCUT2D eigenvalue weighted by molar-refractivity contribution is -0.115. The fraction of sp³-hybridized carbons (Fsp3) is 0.167. The van der Waals surface area contributed by atoms with Crippen LogP contribution in [0.2, 0.25) is 0 Å². The second kappa shape index (κ2) is 12.6. The van der Waals surface area contributed by atoms with Crippen LogP contribution in [0.3, 0.4) is 0 Å². The van der Waals surface area contributed by atoms with Crippen molar-refractivity contribution in [2.75, 3.05) is 24.8 Å². The van der Waals surface area contributed by atoms with Gasteiger partial charge in [0.2, 0.25) is 5.91 Å². The average Bonchev–Trinajstić information content (AvgIpc) is 2.94. The lowest BCUT2D eigenvalue weighted by Crippen LogP contribution is -2.13. The van der Waals surface area contributed by atoms with Gasteiger partial charge in [0, 0.05) is 23.3 Å². The number of nitrogens with zero attached hydrogens (tertiary/aromatic N) is 2. The maximum absolute atomic E-state index is 12.7. The fourth-order valence-corrected chi connectivity index (χ4v) is 4.74. The van der Waals surface area contributed by atoms with Gasteiger partial charge in [-0.15, -0.1) is 11.8 Å². The molecule has 4 aromatic rings. The van der Waals surface area contributed by atoms with Crippen LogP contribution < -0.4 is 14.8 Å². The zero-order valence-electron chi connectivity index (χ0n) is 20.7. The topological polar surface area (TPSA) is 84.2 Å². The molecule has 7 heteroatoms. The minimum absolute atomic E-state index is 0.132. The van der Waals surface area contributed by atoms with Crippen molar-refractivity contribution >= 4 is 23.4 Å². The first-order valence-corrected chi connectivity index (χ1v) is 12.9. The summed E-state index contributed by atoms with van der Waals surface area (Å²) >= 11 is 1.40. The van der Waals surface area contributed by atoms with Gasteiger partial charge in [0.25, 0.3) is 0 Å². The molecule has 37 heavy (non-hydrogen) atoms. The number of nitriles is 1. The monoisotopic (exact) mass is 509 g/mol. The summed E-state index contributed by atoms with van der Waals surface area (Å²) in [5.41, 5.74) is 4.53. The lowest BCUT2D eigenvalue weighted by Gasteiger charge is -2.13. The zero-order valence-corrected chi connectivity index (χ0v) is 21.5. The predicted octanol–water partition coefficient (Wildman–Crippen LogP) is 6.82. The maximum atomic E-state index is 12.7. The van der Waals surface area contributed by atoms with Crippen LogP contribution in [0.5, 0.6) is 11.5 Å². The second-order valence-electron chi connectivity index (χ2n) is 8.02. The Balaban J connectivity index is 1.58. The molecule has 0 spiro atoms. The quantitative estimate of drug-likeness (QED) is 0.236. The Morgan fingerprint density at radius 1 is 1.00 bits per heavy atom. The number of anilines is 1. The highest BCUT2D eigenvalue weighted by molar-refractivity contribution is 7.99. The molecule has 0 atom stereocenters. The number of rotatable bonds is 10. The number of benzene rings is 3. The summed E-state index contributed by atoms with van der Waals surface area (Å²) in [4.78, 5) is 17.5. The Kier molecular flexibility index (Phi) is 8.79. The van der Waals surface area contributed by atoms with E-state index in [9.17, 15) is 10.1 Å². The third kappa shape index (κ3) is 6.49. The van der Waals surface area contributed by atoms with E-state index in [0.717, 1.165) is 28.1 Å². The standard InChI is InChI=1S/C30H27N3O3S/c1-3-36-28-12-8-7-11-26(28)32-29(34)17-18-37-30-25(20-31)24(21-13-15-23(35-2)16-14-21)19-27(33-30)22-9-5-4-6-10-22/h4-16,19H,3,17-18H2,1-2H3,(H,32,34). The first kappa shape index (κ1) is 25.8. The SMILES string of the molecule is CCOc1ccccc1NC(=O)CCSc1nc(-c2ccccc2)cc(-c2ccc(OC)cc2)c1C#N. The first-order chi connectivity index (χ1) is 18.1. The molecule has 186 valence electrons. The molecule has 0 radical (unpaired) electrons. The van der Waals surface area contributed by atoms with Crippen molar-refractivity contribution < 1.29 is 14.3 Å². The molecule has 1 aromatic heterocycles. The van der Waals surface area contributed by atoms with E-state index in [1.54, 1.807) is 7.11 Å². The van der Waals surface area contributed by atoms with Crippen molar-refractivity contribution in [3.8, 4) is 40.0 Å². The number of carbonyl (C=O) groups excluding carboxylic acids is 1.